The molecule has 2 heterocycles. The Morgan fingerprint density at radius 2 is 2.13 bits per heavy atom. The lowest BCUT2D eigenvalue weighted by Crippen LogP contribution is -2.41. The molecule has 2 N–H and O–H groups in total. The highest BCUT2D eigenvalue weighted by Gasteiger charge is 2.25. The molecule has 0 radical (unpaired) electrons. The predicted octanol–water partition coefficient (Wildman–Crippen LogP) is 2.39. The lowest BCUT2D eigenvalue weighted by molar-refractivity contribution is -0.128. The zero-order valence-corrected chi connectivity index (χ0v) is 13.0. The second-order valence-electron chi connectivity index (χ2n) is 5.57. The Labute approximate surface area is 136 Å². The van der Waals surface area contributed by atoms with Gasteiger partial charge in [0.05, 0.1) is 5.69 Å². The maximum absolute atomic E-state index is 12.2. The average Bonchev–Trinajstić information content (AvgIpc) is 2.61. The molecule has 1 aromatic carbocycles. The number of fused-ring (bicyclic) bond motifs is 1. The van der Waals surface area contributed by atoms with Crippen LogP contribution in [0, 0.1) is 0 Å². The minimum Gasteiger partial charge on any atom is -0.480 e. The molecule has 0 saturated carbocycles. The maximum Gasteiger partial charge on any atom is 0.261 e. The third-order valence-corrected chi connectivity index (χ3v) is 3.85. The first-order valence-corrected chi connectivity index (χ1v) is 7.99. The van der Waals surface area contributed by atoms with E-state index in [4.69, 9.17) is 4.74 Å². The molecule has 1 aliphatic rings. The topological polar surface area (TPSA) is 63.2 Å². The molecule has 0 saturated heterocycles. The number of carbonyl (C=O) groups is 1. The van der Waals surface area contributed by atoms with E-state index in [1.165, 1.54) is 5.56 Å². The lowest BCUT2D eigenvalue weighted by Gasteiger charge is -2.25. The number of hydrogen-bond acceptors (Lipinski definition) is 4. The van der Waals surface area contributed by atoms with E-state index >= 15 is 0 Å². The number of rotatable bonds is 6. The van der Waals surface area contributed by atoms with Crippen molar-refractivity contribution in [1.29, 1.82) is 0 Å². The number of aromatic nitrogens is 1. The first-order valence-electron chi connectivity index (χ1n) is 7.99. The predicted molar refractivity (Wildman–Crippen MR) is 89.5 cm³/mol. The van der Waals surface area contributed by atoms with Crippen LogP contribution in [-0.4, -0.2) is 30.1 Å². The van der Waals surface area contributed by atoms with Crippen LogP contribution >= 0.6 is 0 Å². The van der Waals surface area contributed by atoms with Gasteiger partial charge >= 0.3 is 0 Å². The second kappa shape index (κ2) is 7.63. The fraction of sp³-hybridized carbons (Fsp3) is 0.333. The molecule has 1 unspecified atom stereocenters. The Bertz CT molecular complexity index is 646. The van der Waals surface area contributed by atoms with Gasteiger partial charge in [0.15, 0.2) is 6.10 Å². The van der Waals surface area contributed by atoms with Crippen LogP contribution in [0.15, 0.2) is 48.8 Å². The van der Waals surface area contributed by atoms with Gasteiger partial charge in [0.25, 0.3) is 5.91 Å². The number of anilines is 1. The maximum atomic E-state index is 12.2. The van der Waals surface area contributed by atoms with E-state index in [2.05, 4.69) is 15.6 Å². The lowest BCUT2D eigenvalue weighted by atomic mass is 10.0. The number of aryl methyl sites for hydroxylation is 1. The number of ether oxygens (including phenoxy) is 1. The summed E-state index contributed by atoms with van der Waals surface area (Å²) < 4.78 is 5.78. The van der Waals surface area contributed by atoms with Gasteiger partial charge in [0.2, 0.25) is 0 Å². The molecule has 1 amide bonds. The SMILES string of the molecule is O=C(NCCCNc1cccnc1)C1CCc2ccccc2O1. The summed E-state index contributed by atoms with van der Waals surface area (Å²) in [6.45, 7) is 1.42. The van der Waals surface area contributed by atoms with Gasteiger partial charge in [-0.05, 0) is 43.0 Å². The summed E-state index contributed by atoms with van der Waals surface area (Å²) in [5, 5.41) is 6.22. The number of pyridine rings is 1. The van der Waals surface area contributed by atoms with Crippen molar-refractivity contribution in [2.24, 2.45) is 0 Å². The molecule has 120 valence electrons. The van der Waals surface area contributed by atoms with Crippen LogP contribution in [0.5, 0.6) is 5.75 Å². The minimum absolute atomic E-state index is 0.0270. The molecule has 1 aliphatic heterocycles. The molecule has 1 aromatic heterocycles. The zero-order chi connectivity index (χ0) is 15.9. The number of amides is 1. The molecule has 0 bridgehead atoms. The molecule has 0 aliphatic carbocycles. The molecule has 1 atom stereocenters. The number of nitrogens with one attached hydrogen (secondary N) is 2. The van der Waals surface area contributed by atoms with Crippen molar-refractivity contribution in [2.75, 3.05) is 18.4 Å². The summed E-state index contributed by atoms with van der Waals surface area (Å²) in [6.07, 6.45) is 5.62. The van der Waals surface area contributed by atoms with Crippen molar-refractivity contribution in [1.82, 2.24) is 10.3 Å². The molecule has 2 aromatic rings. The third-order valence-electron chi connectivity index (χ3n) is 3.85. The highest BCUT2D eigenvalue weighted by atomic mass is 16.5. The Balaban J connectivity index is 1.37. The van der Waals surface area contributed by atoms with Gasteiger partial charge in [-0.1, -0.05) is 18.2 Å². The van der Waals surface area contributed by atoms with E-state index in [1.54, 1.807) is 12.4 Å². The van der Waals surface area contributed by atoms with Gasteiger partial charge in [-0.3, -0.25) is 9.78 Å². The zero-order valence-electron chi connectivity index (χ0n) is 13.0. The van der Waals surface area contributed by atoms with Gasteiger partial charge in [0, 0.05) is 25.5 Å². The second-order valence-corrected chi connectivity index (χ2v) is 5.57. The van der Waals surface area contributed by atoms with Gasteiger partial charge in [0.1, 0.15) is 5.75 Å². The van der Waals surface area contributed by atoms with Crippen LogP contribution in [0.2, 0.25) is 0 Å². The molecule has 0 fully saturated rings. The van der Waals surface area contributed by atoms with Crippen LogP contribution in [0.25, 0.3) is 0 Å². The quantitative estimate of drug-likeness (QED) is 0.804. The molecule has 0 spiro atoms. The summed E-state index contributed by atoms with van der Waals surface area (Å²) in [4.78, 5) is 16.2. The summed E-state index contributed by atoms with van der Waals surface area (Å²) >= 11 is 0. The van der Waals surface area contributed by atoms with Gasteiger partial charge in [-0.25, -0.2) is 0 Å². The van der Waals surface area contributed by atoms with E-state index < -0.39 is 0 Å². The molecular formula is C18H21N3O2. The van der Waals surface area contributed by atoms with E-state index in [9.17, 15) is 4.79 Å². The van der Waals surface area contributed by atoms with Crippen molar-refractivity contribution in [3.8, 4) is 5.75 Å². The van der Waals surface area contributed by atoms with Crippen LogP contribution in [-0.2, 0) is 11.2 Å². The number of carbonyl (C=O) groups excluding carboxylic acids is 1. The number of hydrogen-bond donors (Lipinski definition) is 2. The molecular weight excluding hydrogens is 290 g/mol. The van der Waals surface area contributed by atoms with Crippen molar-refractivity contribution < 1.29 is 9.53 Å². The Morgan fingerprint density at radius 1 is 1.22 bits per heavy atom. The van der Waals surface area contributed by atoms with Crippen LogP contribution in [0.4, 0.5) is 5.69 Å². The van der Waals surface area contributed by atoms with Crippen molar-refractivity contribution in [2.45, 2.75) is 25.4 Å². The van der Waals surface area contributed by atoms with Crippen LogP contribution in [0.3, 0.4) is 0 Å². The smallest absolute Gasteiger partial charge is 0.261 e. The van der Waals surface area contributed by atoms with Crippen LogP contribution < -0.4 is 15.4 Å². The Morgan fingerprint density at radius 3 is 3.00 bits per heavy atom. The summed E-state index contributed by atoms with van der Waals surface area (Å²) in [7, 11) is 0. The molecule has 5 heteroatoms. The largest absolute Gasteiger partial charge is 0.480 e. The monoisotopic (exact) mass is 311 g/mol. The first-order chi connectivity index (χ1) is 11.3. The fourth-order valence-electron chi connectivity index (χ4n) is 2.62. The summed E-state index contributed by atoms with van der Waals surface area (Å²) in [6, 6.07) is 11.8. The highest BCUT2D eigenvalue weighted by molar-refractivity contribution is 5.81. The van der Waals surface area contributed by atoms with Crippen molar-refractivity contribution in [3.05, 3.63) is 54.4 Å². The Kier molecular flexibility index (Phi) is 5.09. The third kappa shape index (κ3) is 4.22. The van der Waals surface area contributed by atoms with Crippen molar-refractivity contribution in [3.63, 3.8) is 0 Å². The standard InChI is InChI=1S/C18H21N3O2/c22-18(17-9-8-14-5-1-2-7-16(14)23-17)21-12-4-11-20-15-6-3-10-19-13-15/h1-3,5-7,10,13,17,20H,4,8-9,11-12H2,(H,21,22). The van der Waals surface area contributed by atoms with E-state index in [0.29, 0.717) is 6.54 Å². The fourth-order valence-corrected chi connectivity index (χ4v) is 2.62. The van der Waals surface area contributed by atoms with E-state index in [1.807, 2.05) is 36.4 Å². The van der Waals surface area contributed by atoms with Gasteiger partial charge in [-0.15, -0.1) is 0 Å². The number of nitrogens with zero attached hydrogens (tertiary/aromatic N) is 1. The number of benzene rings is 1. The molecule has 23 heavy (non-hydrogen) atoms. The Hall–Kier alpha value is -2.56. The van der Waals surface area contributed by atoms with Crippen LogP contribution in [0.1, 0.15) is 18.4 Å². The first kappa shape index (κ1) is 15.3. The molecule has 5 nitrogen and oxygen atoms in total. The minimum atomic E-state index is -0.379. The van der Waals surface area contributed by atoms with E-state index in [-0.39, 0.29) is 12.0 Å². The average molecular weight is 311 g/mol. The normalized spacial score (nSPS) is 16.1. The molecule has 3 rings (SSSR count). The van der Waals surface area contributed by atoms with Gasteiger partial charge in [-0.2, -0.15) is 0 Å². The number of para-hydroxylation sites is 1. The van der Waals surface area contributed by atoms with Gasteiger partial charge < -0.3 is 15.4 Å². The highest BCUT2D eigenvalue weighted by Crippen LogP contribution is 2.26. The van der Waals surface area contributed by atoms with Crippen molar-refractivity contribution >= 4 is 11.6 Å². The van der Waals surface area contributed by atoms with E-state index in [0.717, 1.165) is 37.2 Å². The summed E-state index contributed by atoms with van der Waals surface area (Å²) in [5.41, 5.74) is 2.17. The summed E-state index contributed by atoms with van der Waals surface area (Å²) in [5.74, 6) is 0.804.